The molecule has 0 aliphatic carbocycles. The highest BCUT2D eigenvalue weighted by Crippen LogP contribution is 2.18. The van der Waals surface area contributed by atoms with E-state index in [4.69, 9.17) is 0 Å². The Balaban J connectivity index is 2.02. The Morgan fingerprint density at radius 3 is 2.72 bits per heavy atom. The van der Waals surface area contributed by atoms with Crippen molar-refractivity contribution in [2.24, 2.45) is 0 Å². The Morgan fingerprint density at radius 2 is 2.06 bits per heavy atom. The first-order chi connectivity index (χ1) is 8.54. The zero-order valence-corrected chi connectivity index (χ0v) is 12.1. The first-order valence-corrected chi connectivity index (χ1v) is 6.98. The van der Waals surface area contributed by atoms with Gasteiger partial charge in [-0.1, -0.05) is 0 Å². The number of hydrogen-bond acceptors (Lipinski definition) is 4. The van der Waals surface area contributed by atoms with E-state index in [1.807, 2.05) is 25.2 Å². The lowest BCUT2D eigenvalue weighted by atomic mass is 10.2. The average molecular weight is 261 g/mol. The van der Waals surface area contributed by atoms with E-state index < -0.39 is 0 Å². The van der Waals surface area contributed by atoms with E-state index in [9.17, 15) is 0 Å². The van der Waals surface area contributed by atoms with E-state index in [-0.39, 0.29) is 0 Å². The summed E-state index contributed by atoms with van der Waals surface area (Å²) in [6.07, 6.45) is 2.82. The van der Waals surface area contributed by atoms with Crippen LogP contribution < -0.4 is 5.32 Å². The summed E-state index contributed by atoms with van der Waals surface area (Å²) in [5, 5.41) is 3.44. The molecular formula is C14H19N3S. The Hall–Kier alpha value is -1.42. The van der Waals surface area contributed by atoms with Crippen LogP contribution >= 0.6 is 11.3 Å². The van der Waals surface area contributed by atoms with Gasteiger partial charge in [-0.05, 0) is 39.8 Å². The quantitative estimate of drug-likeness (QED) is 0.915. The van der Waals surface area contributed by atoms with Crippen molar-refractivity contribution in [3.8, 4) is 0 Å². The summed E-state index contributed by atoms with van der Waals surface area (Å²) in [6.45, 7) is 8.27. The maximum absolute atomic E-state index is 4.49. The maximum atomic E-state index is 4.49. The number of hydrogen-bond donors (Lipinski definition) is 1. The summed E-state index contributed by atoms with van der Waals surface area (Å²) in [5.74, 6) is 0.899. The predicted octanol–water partition coefficient (Wildman–Crippen LogP) is 3.51. The van der Waals surface area contributed by atoms with Gasteiger partial charge in [0, 0.05) is 28.4 Å². The summed E-state index contributed by atoms with van der Waals surface area (Å²) in [7, 11) is 0. The fourth-order valence-electron chi connectivity index (χ4n) is 1.86. The van der Waals surface area contributed by atoms with Gasteiger partial charge in [-0.25, -0.2) is 4.98 Å². The summed E-state index contributed by atoms with van der Waals surface area (Å²) in [6, 6.07) is 4.73. The van der Waals surface area contributed by atoms with E-state index in [2.05, 4.69) is 41.3 Å². The lowest BCUT2D eigenvalue weighted by Crippen LogP contribution is -2.19. The molecule has 0 amide bonds. The normalized spacial score (nSPS) is 12.4. The molecule has 0 bridgehead atoms. The smallest absolute Gasteiger partial charge is 0.147 e. The molecule has 0 aromatic carbocycles. The minimum absolute atomic E-state index is 0.359. The van der Waals surface area contributed by atoms with Crippen LogP contribution in [0.3, 0.4) is 0 Å². The van der Waals surface area contributed by atoms with Gasteiger partial charge < -0.3 is 5.32 Å². The molecule has 2 aromatic rings. The number of nitrogens with one attached hydrogen (secondary N) is 1. The van der Waals surface area contributed by atoms with Gasteiger partial charge >= 0.3 is 0 Å². The van der Waals surface area contributed by atoms with Crippen molar-refractivity contribution in [2.45, 2.75) is 40.2 Å². The third kappa shape index (κ3) is 3.29. The highest BCUT2D eigenvalue weighted by atomic mass is 32.1. The van der Waals surface area contributed by atoms with Crippen molar-refractivity contribution < 1.29 is 0 Å². The summed E-state index contributed by atoms with van der Waals surface area (Å²) < 4.78 is 0. The molecule has 1 N–H and O–H groups in total. The zero-order chi connectivity index (χ0) is 13.1. The van der Waals surface area contributed by atoms with Gasteiger partial charge in [0.25, 0.3) is 0 Å². The number of thiophene rings is 1. The summed E-state index contributed by atoms with van der Waals surface area (Å²) in [5.41, 5.74) is 1.90. The highest BCUT2D eigenvalue weighted by molar-refractivity contribution is 7.11. The summed E-state index contributed by atoms with van der Waals surface area (Å²) in [4.78, 5) is 11.6. The van der Waals surface area contributed by atoms with E-state index in [0.717, 1.165) is 23.6 Å². The first-order valence-electron chi connectivity index (χ1n) is 6.16. The molecule has 2 rings (SSSR count). The molecule has 3 nitrogen and oxygen atoms in total. The summed E-state index contributed by atoms with van der Waals surface area (Å²) >= 11 is 1.86. The van der Waals surface area contributed by atoms with Gasteiger partial charge in [-0.2, -0.15) is 0 Å². The third-order valence-corrected chi connectivity index (χ3v) is 3.79. The van der Waals surface area contributed by atoms with Gasteiger partial charge in [0.05, 0.1) is 11.4 Å². The second-order valence-corrected chi connectivity index (χ2v) is 6.08. The molecule has 0 saturated carbocycles. The van der Waals surface area contributed by atoms with E-state index in [1.54, 1.807) is 6.20 Å². The molecule has 1 unspecified atom stereocenters. The van der Waals surface area contributed by atoms with Crippen LogP contribution in [-0.4, -0.2) is 16.0 Å². The second kappa shape index (κ2) is 5.48. The third-order valence-electron chi connectivity index (χ3n) is 2.76. The number of anilines is 1. The molecule has 0 aliphatic rings. The van der Waals surface area contributed by atoms with Crippen molar-refractivity contribution in [2.75, 3.05) is 5.32 Å². The van der Waals surface area contributed by atoms with E-state index in [0.29, 0.717) is 6.04 Å². The largest absolute Gasteiger partial charge is 0.366 e. The number of aryl methyl sites for hydroxylation is 3. The van der Waals surface area contributed by atoms with Crippen LogP contribution in [0.2, 0.25) is 0 Å². The van der Waals surface area contributed by atoms with E-state index in [1.165, 1.54) is 9.75 Å². The van der Waals surface area contributed by atoms with Crippen LogP contribution in [0.15, 0.2) is 18.3 Å². The number of nitrogens with zero attached hydrogens (tertiary/aromatic N) is 2. The standard InChI is InChI=1S/C14H19N3S/c1-9(7-13-6-5-11(3)18-13)16-14-12(4)15-8-10(2)17-14/h5-6,8-9H,7H2,1-4H3,(H,16,17). The molecular weight excluding hydrogens is 242 g/mol. The molecule has 0 fully saturated rings. The van der Waals surface area contributed by atoms with Gasteiger partial charge in [-0.3, -0.25) is 4.98 Å². The molecule has 2 aromatic heterocycles. The van der Waals surface area contributed by atoms with E-state index >= 15 is 0 Å². The van der Waals surface area contributed by atoms with Gasteiger partial charge in [0.15, 0.2) is 0 Å². The molecule has 2 heterocycles. The number of rotatable bonds is 4. The van der Waals surface area contributed by atoms with Crippen LogP contribution in [0.25, 0.3) is 0 Å². The molecule has 0 spiro atoms. The molecule has 0 aliphatic heterocycles. The monoisotopic (exact) mass is 261 g/mol. The predicted molar refractivity (Wildman–Crippen MR) is 77.4 cm³/mol. The first kappa shape index (κ1) is 13.0. The van der Waals surface area contributed by atoms with Crippen molar-refractivity contribution in [3.63, 3.8) is 0 Å². The topological polar surface area (TPSA) is 37.8 Å². The second-order valence-electron chi connectivity index (χ2n) is 4.71. The van der Waals surface area contributed by atoms with Crippen LogP contribution in [-0.2, 0) is 6.42 Å². The lowest BCUT2D eigenvalue weighted by molar-refractivity contribution is 0.788. The minimum atomic E-state index is 0.359. The lowest BCUT2D eigenvalue weighted by Gasteiger charge is -2.15. The van der Waals surface area contributed by atoms with Crippen LogP contribution in [0, 0.1) is 20.8 Å². The van der Waals surface area contributed by atoms with Gasteiger partial charge in [-0.15, -0.1) is 11.3 Å². The Bertz CT molecular complexity index is 534. The van der Waals surface area contributed by atoms with Crippen molar-refractivity contribution >= 4 is 17.2 Å². The van der Waals surface area contributed by atoms with Crippen molar-refractivity contribution in [1.82, 2.24) is 9.97 Å². The van der Waals surface area contributed by atoms with Crippen molar-refractivity contribution in [3.05, 3.63) is 39.5 Å². The van der Waals surface area contributed by atoms with Crippen LogP contribution in [0.1, 0.15) is 28.1 Å². The Kier molecular flexibility index (Phi) is 3.97. The fraction of sp³-hybridized carbons (Fsp3) is 0.429. The molecule has 18 heavy (non-hydrogen) atoms. The fourth-order valence-corrected chi connectivity index (χ4v) is 2.87. The highest BCUT2D eigenvalue weighted by Gasteiger charge is 2.08. The molecule has 1 atom stereocenters. The Labute approximate surface area is 112 Å². The van der Waals surface area contributed by atoms with Crippen LogP contribution in [0.4, 0.5) is 5.82 Å². The van der Waals surface area contributed by atoms with Gasteiger partial charge in [0.1, 0.15) is 5.82 Å². The average Bonchev–Trinajstić information content (AvgIpc) is 2.69. The molecule has 0 saturated heterocycles. The SMILES string of the molecule is Cc1cnc(C)c(NC(C)Cc2ccc(C)s2)n1. The van der Waals surface area contributed by atoms with Crippen LogP contribution in [0.5, 0.6) is 0 Å². The Morgan fingerprint density at radius 1 is 1.28 bits per heavy atom. The maximum Gasteiger partial charge on any atom is 0.147 e. The molecule has 4 heteroatoms. The molecule has 0 radical (unpaired) electrons. The zero-order valence-electron chi connectivity index (χ0n) is 11.3. The molecule has 96 valence electrons. The van der Waals surface area contributed by atoms with Gasteiger partial charge in [0.2, 0.25) is 0 Å². The minimum Gasteiger partial charge on any atom is -0.366 e. The van der Waals surface area contributed by atoms with Crippen molar-refractivity contribution in [1.29, 1.82) is 0 Å². The number of aromatic nitrogens is 2.